The molecule has 0 fully saturated rings. The van der Waals surface area contributed by atoms with Crippen molar-refractivity contribution in [2.24, 2.45) is 0 Å². The van der Waals surface area contributed by atoms with Gasteiger partial charge in [-0.25, -0.2) is 0 Å². The molecule has 0 N–H and O–H groups in total. The molecule has 0 aromatic heterocycles. The predicted molar refractivity (Wildman–Crippen MR) is 14.9 cm³/mol. The van der Waals surface area contributed by atoms with Gasteiger partial charge in [-0.15, -0.1) is 0 Å². The van der Waals surface area contributed by atoms with Gasteiger partial charge in [0.1, 0.15) is 0 Å². The maximum absolute atomic E-state index is 9.30. The molecule has 7 heavy (non-hydrogen) atoms. The van der Waals surface area contributed by atoms with Crippen LogP contribution in [-0.2, 0) is 19.4 Å². The summed E-state index contributed by atoms with van der Waals surface area (Å²) in [5.74, 6) is 0. The zero-order chi connectivity index (χ0) is 6.08. The molecule has 0 aromatic carbocycles. The van der Waals surface area contributed by atoms with Crippen molar-refractivity contribution in [2.45, 2.75) is 0 Å². The minimum absolute atomic E-state index is 4.41. The van der Waals surface area contributed by atoms with Crippen molar-refractivity contribution >= 4 is 24.6 Å². The van der Waals surface area contributed by atoms with Crippen LogP contribution in [-0.4, -0.2) is 24.6 Å². The number of hydrogen-bond donors (Lipinski definition) is 0. The molecular formula is As2O5. The Balaban J connectivity index is 4.42. The van der Waals surface area contributed by atoms with E-state index in [1.807, 2.05) is 0 Å². The average molecular weight is 230 g/mol. The van der Waals surface area contributed by atoms with Crippen molar-refractivity contribution in [3.05, 3.63) is 0 Å². The van der Waals surface area contributed by atoms with E-state index >= 15 is 0 Å². The first-order valence-electron chi connectivity index (χ1n) is 1.11. The quantitative estimate of drug-likeness (QED) is 0.521. The van der Waals surface area contributed by atoms with Gasteiger partial charge in [-0.3, -0.25) is 0 Å². The third kappa shape index (κ3) is 3.06. The number of hydrogen-bond acceptors (Lipinski definition) is 3. The van der Waals surface area contributed by atoms with Crippen molar-refractivity contribution in [1.29, 1.82) is 0 Å². The Morgan fingerprint density at radius 1 is 1.14 bits per heavy atom. The summed E-state index contributed by atoms with van der Waals surface area (Å²) in [5.41, 5.74) is 0. The van der Waals surface area contributed by atoms with Gasteiger partial charge < -0.3 is 0 Å². The van der Waals surface area contributed by atoms with Crippen LogP contribution in [0.4, 0.5) is 0 Å². The molecule has 0 spiro atoms. The Morgan fingerprint density at radius 2 is 1.29 bits per heavy atom. The van der Waals surface area contributed by atoms with Crippen molar-refractivity contribution in [3.8, 4) is 0 Å². The third-order valence-electron chi connectivity index (χ3n) is 0.200. The normalized spacial score (nSPS) is 11.1. The van der Waals surface area contributed by atoms with Gasteiger partial charge in [0, 0.05) is 0 Å². The predicted octanol–water partition coefficient (Wildman–Crippen LogP) is -1.36. The summed E-state index contributed by atoms with van der Waals surface area (Å²) < 4.78 is 46.5. The first-order chi connectivity index (χ1) is 2.94. The Kier molecular flexibility index (Phi) is 2.27. The van der Waals surface area contributed by atoms with E-state index in [0.29, 0.717) is 0 Å². The molecule has 7 heteroatoms. The zero-order valence-corrected chi connectivity index (χ0v) is 6.69. The molecule has 0 atom stereocenters. The molecule has 0 rings (SSSR count). The van der Waals surface area contributed by atoms with E-state index in [4.69, 9.17) is 0 Å². The molecule has 40 valence electrons. The minimum atomic E-state index is -5.74. The van der Waals surface area contributed by atoms with Crippen LogP contribution in [0.5, 0.6) is 0 Å². The second-order valence-corrected chi connectivity index (χ2v) is 12.6. The van der Waals surface area contributed by atoms with E-state index in [0.717, 1.165) is 0 Å². The molecule has 0 saturated carbocycles. The molecule has 0 bridgehead atoms. The van der Waals surface area contributed by atoms with Crippen LogP contribution >= 0.6 is 0 Å². The molecular weight excluding hydrogens is 230 g/mol. The summed E-state index contributed by atoms with van der Waals surface area (Å²) in [5, 5.41) is 0. The van der Waals surface area contributed by atoms with Crippen LogP contribution < -0.4 is 0 Å². The van der Waals surface area contributed by atoms with Gasteiger partial charge >= 0.3 is 44.0 Å². The Hall–Kier alpha value is 0.437. The van der Waals surface area contributed by atoms with Gasteiger partial charge in [-0.05, 0) is 0 Å². The van der Waals surface area contributed by atoms with Crippen LogP contribution in [0.2, 0.25) is 0 Å². The Morgan fingerprint density at radius 3 is 1.29 bits per heavy atom. The molecule has 0 aliphatic rings. The first-order valence-corrected chi connectivity index (χ1v) is 10.1. The summed E-state index contributed by atoms with van der Waals surface area (Å²) in [4.78, 5) is 0. The molecule has 0 heterocycles. The summed E-state index contributed by atoms with van der Waals surface area (Å²) in [6.45, 7) is 0. The van der Waals surface area contributed by atoms with E-state index in [1.54, 1.807) is 0 Å². The fourth-order valence-corrected chi connectivity index (χ4v) is 0. The Labute approximate surface area is 44.3 Å². The van der Waals surface area contributed by atoms with Crippen LogP contribution in [0.1, 0.15) is 0 Å². The van der Waals surface area contributed by atoms with Crippen LogP contribution in [0, 0.1) is 0 Å². The summed E-state index contributed by atoms with van der Waals surface area (Å²) >= 11 is -10.2. The Bertz CT molecular complexity index is 149. The molecule has 0 amide bonds. The molecule has 0 saturated heterocycles. The van der Waals surface area contributed by atoms with Gasteiger partial charge in [0.15, 0.2) is 0 Å². The molecule has 0 aliphatic heterocycles. The van der Waals surface area contributed by atoms with Crippen molar-refractivity contribution in [1.82, 2.24) is 0 Å². The van der Waals surface area contributed by atoms with Crippen LogP contribution in [0.3, 0.4) is 0 Å². The SMILES string of the molecule is [O][As]([O])(=O)[As](=O)=O. The van der Waals surface area contributed by atoms with Gasteiger partial charge in [0.25, 0.3) is 0 Å². The first kappa shape index (κ1) is 7.44. The van der Waals surface area contributed by atoms with E-state index in [2.05, 4.69) is 0 Å². The average Bonchev–Trinajstić information content (AvgIpc) is 1.31. The standard InChI is InChI=1S/As2O5/c3-1(4)2(5,6)7. The summed E-state index contributed by atoms with van der Waals surface area (Å²) in [7, 11) is 0. The van der Waals surface area contributed by atoms with E-state index in [-0.39, 0.29) is 0 Å². The summed E-state index contributed by atoms with van der Waals surface area (Å²) in [6.07, 6.45) is 0. The van der Waals surface area contributed by atoms with Crippen molar-refractivity contribution < 1.29 is 19.4 Å². The van der Waals surface area contributed by atoms with Gasteiger partial charge in [0.2, 0.25) is 0 Å². The van der Waals surface area contributed by atoms with Gasteiger partial charge in [-0.2, -0.15) is 0 Å². The molecule has 0 aliphatic carbocycles. The third-order valence-corrected chi connectivity index (χ3v) is 5.40. The fourth-order valence-electron chi connectivity index (χ4n) is 0. The van der Waals surface area contributed by atoms with Crippen molar-refractivity contribution in [3.63, 3.8) is 0 Å². The molecule has 2 radical (unpaired) electrons. The summed E-state index contributed by atoms with van der Waals surface area (Å²) in [6, 6.07) is 0. The van der Waals surface area contributed by atoms with Gasteiger partial charge in [-0.1, -0.05) is 0 Å². The second kappa shape index (κ2) is 2.14. The zero-order valence-electron chi connectivity index (χ0n) is 2.94. The molecule has 0 unspecified atom stereocenters. The number of rotatable bonds is 1. The van der Waals surface area contributed by atoms with E-state index < -0.39 is 24.6 Å². The maximum atomic E-state index is 9.30. The van der Waals surface area contributed by atoms with E-state index in [9.17, 15) is 19.4 Å². The van der Waals surface area contributed by atoms with Gasteiger partial charge in [0.05, 0.1) is 0 Å². The fraction of sp³-hybridized carbons (Fsp3) is 0. The molecule has 0 aromatic rings. The topological polar surface area (TPSA) is 91.0 Å². The van der Waals surface area contributed by atoms with Crippen LogP contribution in [0.15, 0.2) is 0 Å². The second-order valence-electron chi connectivity index (χ2n) is 0.706. The van der Waals surface area contributed by atoms with Crippen molar-refractivity contribution in [2.75, 3.05) is 0 Å². The van der Waals surface area contributed by atoms with Crippen LogP contribution in [0.25, 0.3) is 0 Å². The molecule has 5 nitrogen and oxygen atoms in total. The van der Waals surface area contributed by atoms with E-state index in [1.165, 1.54) is 0 Å². The monoisotopic (exact) mass is 230 g/mol.